The zero-order valence-corrected chi connectivity index (χ0v) is 16.5. The number of aromatic nitrogens is 2. The third kappa shape index (κ3) is 4.41. The number of hydrogen-bond acceptors (Lipinski definition) is 2. The van der Waals surface area contributed by atoms with Crippen LogP contribution >= 0.6 is 0 Å². The minimum absolute atomic E-state index is 0.0777. The molecule has 0 fully saturated rings. The van der Waals surface area contributed by atoms with Gasteiger partial charge in [-0.2, -0.15) is 13.2 Å². The van der Waals surface area contributed by atoms with Crippen molar-refractivity contribution in [3.8, 4) is 11.3 Å². The van der Waals surface area contributed by atoms with Crippen LogP contribution < -0.4 is 10.9 Å². The van der Waals surface area contributed by atoms with Gasteiger partial charge in [0, 0.05) is 29.2 Å². The molecule has 4 aromatic rings. The van der Waals surface area contributed by atoms with E-state index >= 15 is 0 Å². The van der Waals surface area contributed by atoms with E-state index in [2.05, 4.69) is 10.3 Å². The summed E-state index contributed by atoms with van der Waals surface area (Å²) < 4.78 is 52.0. The lowest BCUT2D eigenvalue weighted by Crippen LogP contribution is -2.21. The van der Waals surface area contributed by atoms with Crippen LogP contribution in [0.3, 0.4) is 0 Å². The fourth-order valence-electron chi connectivity index (χ4n) is 3.51. The van der Waals surface area contributed by atoms with Crippen LogP contribution in [0.5, 0.6) is 0 Å². The topological polar surface area (TPSA) is 77.8 Å². The Morgan fingerprint density at radius 2 is 1.75 bits per heavy atom. The van der Waals surface area contributed by atoms with Crippen molar-refractivity contribution in [1.29, 1.82) is 0 Å². The number of benzene rings is 2. The number of amides is 1. The zero-order chi connectivity index (χ0) is 22.9. The van der Waals surface area contributed by atoms with Crippen LogP contribution in [0.4, 0.5) is 23.2 Å². The van der Waals surface area contributed by atoms with Crippen molar-refractivity contribution in [3.63, 3.8) is 0 Å². The van der Waals surface area contributed by atoms with Crippen molar-refractivity contribution in [2.75, 3.05) is 5.32 Å². The molecular weight excluding hydrogens is 426 g/mol. The summed E-state index contributed by atoms with van der Waals surface area (Å²) in [6.45, 7) is 0. The fourth-order valence-corrected chi connectivity index (χ4v) is 3.51. The lowest BCUT2D eigenvalue weighted by atomic mass is 10.0. The van der Waals surface area contributed by atoms with Crippen LogP contribution in [0.15, 0.2) is 65.6 Å². The zero-order valence-electron chi connectivity index (χ0n) is 16.5. The number of rotatable bonds is 5. The molecule has 3 N–H and O–H groups in total. The molecule has 0 aliphatic heterocycles. The number of anilines is 1. The van der Waals surface area contributed by atoms with Crippen molar-refractivity contribution in [1.82, 2.24) is 9.97 Å². The Labute approximate surface area is 179 Å². The summed E-state index contributed by atoms with van der Waals surface area (Å²) in [6, 6.07) is 13.9. The number of fused-ring (bicyclic) bond motifs is 1. The van der Waals surface area contributed by atoms with Gasteiger partial charge in [0.1, 0.15) is 11.5 Å². The van der Waals surface area contributed by atoms with Gasteiger partial charge >= 0.3 is 6.18 Å². The minimum atomic E-state index is -4.65. The molecule has 5 nitrogen and oxygen atoms in total. The standard InChI is InChI=1S/C23H17F4N3O2/c24-15-7-5-13(6-8-15)21-17(16-3-1-2-4-18(16)30-21)9-10-20(31)29-19-11-14(23(25,26)27)12-28-22(19)32/h1-8,11-12,30H,9-10H2,(H,28,32)(H,29,31). The lowest BCUT2D eigenvalue weighted by Gasteiger charge is -2.10. The lowest BCUT2D eigenvalue weighted by molar-refractivity contribution is -0.137. The molecule has 2 aromatic heterocycles. The van der Waals surface area contributed by atoms with Gasteiger partial charge in [-0.05, 0) is 53.9 Å². The van der Waals surface area contributed by atoms with Gasteiger partial charge in [0.25, 0.3) is 5.56 Å². The largest absolute Gasteiger partial charge is 0.417 e. The summed E-state index contributed by atoms with van der Waals surface area (Å²) in [7, 11) is 0. The number of H-pyrrole nitrogens is 2. The number of aryl methyl sites for hydroxylation is 1. The normalized spacial score (nSPS) is 11.6. The maximum Gasteiger partial charge on any atom is 0.417 e. The molecule has 9 heteroatoms. The predicted octanol–water partition coefficient (Wildman–Crippen LogP) is 5.25. The first-order valence-electron chi connectivity index (χ1n) is 9.67. The molecule has 0 spiro atoms. The van der Waals surface area contributed by atoms with Gasteiger partial charge in [0.15, 0.2) is 0 Å². The number of para-hydroxylation sites is 1. The molecule has 164 valence electrons. The van der Waals surface area contributed by atoms with Crippen molar-refractivity contribution < 1.29 is 22.4 Å². The van der Waals surface area contributed by atoms with Crippen molar-refractivity contribution >= 4 is 22.5 Å². The second-order valence-corrected chi connectivity index (χ2v) is 7.21. The molecule has 0 saturated heterocycles. The highest BCUT2D eigenvalue weighted by atomic mass is 19.4. The Bertz CT molecular complexity index is 1340. The van der Waals surface area contributed by atoms with Gasteiger partial charge in [0.05, 0.1) is 5.56 Å². The van der Waals surface area contributed by atoms with Crippen LogP contribution in [0.25, 0.3) is 22.2 Å². The molecule has 0 aliphatic carbocycles. The van der Waals surface area contributed by atoms with E-state index in [1.165, 1.54) is 12.1 Å². The Kier molecular flexibility index (Phi) is 5.56. The second-order valence-electron chi connectivity index (χ2n) is 7.21. The summed E-state index contributed by atoms with van der Waals surface area (Å²) in [4.78, 5) is 29.5. The third-order valence-corrected chi connectivity index (χ3v) is 5.05. The molecule has 2 aromatic carbocycles. The van der Waals surface area contributed by atoms with E-state index in [0.717, 1.165) is 27.7 Å². The van der Waals surface area contributed by atoms with Crippen molar-refractivity contribution in [2.45, 2.75) is 19.0 Å². The molecule has 32 heavy (non-hydrogen) atoms. The fraction of sp³-hybridized carbons (Fsp3) is 0.130. The third-order valence-electron chi connectivity index (χ3n) is 5.05. The molecule has 0 unspecified atom stereocenters. The van der Waals surface area contributed by atoms with Gasteiger partial charge in [-0.15, -0.1) is 0 Å². The van der Waals surface area contributed by atoms with Gasteiger partial charge in [-0.3, -0.25) is 9.59 Å². The number of pyridine rings is 1. The Balaban J connectivity index is 1.58. The SMILES string of the molecule is O=C(CCc1c(-c2ccc(F)cc2)[nH]c2ccccc12)Nc1cc(C(F)(F)F)c[nH]c1=O. The van der Waals surface area contributed by atoms with E-state index in [-0.39, 0.29) is 18.7 Å². The molecule has 0 bridgehead atoms. The minimum Gasteiger partial charge on any atom is -0.354 e. The van der Waals surface area contributed by atoms with Gasteiger partial charge in [-0.25, -0.2) is 4.39 Å². The van der Waals surface area contributed by atoms with E-state index < -0.39 is 28.9 Å². The number of halogens is 4. The smallest absolute Gasteiger partial charge is 0.354 e. The average molecular weight is 443 g/mol. The summed E-state index contributed by atoms with van der Waals surface area (Å²) >= 11 is 0. The number of aromatic amines is 2. The number of hydrogen-bond donors (Lipinski definition) is 3. The van der Waals surface area contributed by atoms with Crippen molar-refractivity contribution in [2.24, 2.45) is 0 Å². The van der Waals surface area contributed by atoms with Crippen LogP contribution in [0.1, 0.15) is 17.5 Å². The highest BCUT2D eigenvalue weighted by Gasteiger charge is 2.31. The summed E-state index contributed by atoms with van der Waals surface area (Å²) in [5.74, 6) is -0.984. The van der Waals surface area contributed by atoms with Crippen LogP contribution in [-0.2, 0) is 17.4 Å². The molecule has 0 radical (unpaired) electrons. The van der Waals surface area contributed by atoms with Crippen LogP contribution in [-0.4, -0.2) is 15.9 Å². The second kappa shape index (κ2) is 8.33. The quantitative estimate of drug-likeness (QED) is 0.369. The number of nitrogens with one attached hydrogen (secondary N) is 3. The first-order valence-corrected chi connectivity index (χ1v) is 9.67. The van der Waals surface area contributed by atoms with Gasteiger partial charge < -0.3 is 15.3 Å². The van der Waals surface area contributed by atoms with E-state index in [9.17, 15) is 27.2 Å². The number of carbonyl (C=O) groups excluding carboxylic acids is 1. The highest BCUT2D eigenvalue weighted by Crippen LogP contribution is 2.32. The first-order chi connectivity index (χ1) is 15.2. The first kappa shape index (κ1) is 21.4. The number of alkyl halides is 3. The monoisotopic (exact) mass is 443 g/mol. The van der Waals surface area contributed by atoms with Gasteiger partial charge in [-0.1, -0.05) is 18.2 Å². The maximum atomic E-state index is 13.3. The van der Waals surface area contributed by atoms with Gasteiger partial charge in [0.2, 0.25) is 5.91 Å². The molecule has 4 rings (SSSR count). The Morgan fingerprint density at radius 3 is 2.47 bits per heavy atom. The van der Waals surface area contributed by atoms with E-state index in [1.54, 1.807) is 12.1 Å². The summed E-state index contributed by atoms with van der Waals surface area (Å²) in [5, 5.41) is 3.13. The number of carbonyl (C=O) groups is 1. The van der Waals surface area contributed by atoms with Crippen LogP contribution in [0.2, 0.25) is 0 Å². The predicted molar refractivity (Wildman–Crippen MR) is 113 cm³/mol. The van der Waals surface area contributed by atoms with E-state index in [0.29, 0.717) is 12.3 Å². The average Bonchev–Trinajstić information content (AvgIpc) is 3.12. The van der Waals surface area contributed by atoms with E-state index in [4.69, 9.17) is 0 Å². The maximum absolute atomic E-state index is 13.3. The molecule has 1 amide bonds. The summed E-state index contributed by atoms with van der Waals surface area (Å²) in [6.07, 6.45) is -3.93. The molecule has 0 aliphatic rings. The highest BCUT2D eigenvalue weighted by molar-refractivity contribution is 5.93. The molecule has 0 atom stereocenters. The Hall–Kier alpha value is -3.88. The Morgan fingerprint density at radius 1 is 1.03 bits per heavy atom. The molecule has 2 heterocycles. The molecular formula is C23H17F4N3O2. The van der Waals surface area contributed by atoms with Crippen molar-refractivity contribution in [3.05, 3.63) is 88.1 Å². The summed E-state index contributed by atoms with van der Waals surface area (Å²) in [5.41, 5.74) is 0.718. The van der Waals surface area contributed by atoms with E-state index in [1.807, 2.05) is 29.2 Å². The van der Waals surface area contributed by atoms with Crippen LogP contribution in [0, 0.1) is 5.82 Å². The molecule has 0 saturated carbocycles.